The van der Waals surface area contributed by atoms with Crippen molar-refractivity contribution in [1.29, 1.82) is 0 Å². The maximum atomic E-state index is 12.1. The van der Waals surface area contributed by atoms with E-state index in [0.717, 1.165) is 6.07 Å². The summed E-state index contributed by atoms with van der Waals surface area (Å²) in [7, 11) is -2.29. The lowest BCUT2D eigenvalue weighted by molar-refractivity contribution is 0.0686. The molecule has 7 heteroatoms. The van der Waals surface area contributed by atoms with Gasteiger partial charge in [0.15, 0.2) is 0 Å². The van der Waals surface area contributed by atoms with Gasteiger partial charge in [-0.25, -0.2) is 17.9 Å². The van der Waals surface area contributed by atoms with Crippen LogP contribution in [0.5, 0.6) is 0 Å². The highest BCUT2D eigenvalue weighted by atomic mass is 32.2. The summed E-state index contributed by atoms with van der Waals surface area (Å²) in [5.74, 6) is 1.22. The Morgan fingerprint density at radius 3 is 2.68 bits per heavy atom. The zero-order valence-electron chi connectivity index (χ0n) is 10.8. The molecule has 0 saturated carbocycles. The largest absolute Gasteiger partial charge is 0.477 e. The van der Waals surface area contributed by atoms with Crippen molar-refractivity contribution < 1.29 is 18.3 Å². The number of sulfonamides is 1. The Morgan fingerprint density at radius 1 is 1.63 bits per heavy atom. The molecule has 1 heterocycles. The maximum Gasteiger partial charge on any atom is 0.352 e. The predicted molar refractivity (Wildman–Crippen MR) is 70.2 cm³/mol. The molecule has 0 saturated heterocycles. The fraction of sp³-hybridized carbons (Fsp3) is 0.417. The average Bonchev–Trinajstić information content (AvgIpc) is 2.71. The second-order valence-electron chi connectivity index (χ2n) is 4.11. The Morgan fingerprint density at radius 2 is 2.26 bits per heavy atom. The number of nitrogens with one attached hydrogen (secondary N) is 1. The Kier molecular flexibility index (Phi) is 4.75. The van der Waals surface area contributed by atoms with Gasteiger partial charge in [-0.1, -0.05) is 6.92 Å². The van der Waals surface area contributed by atoms with Crippen molar-refractivity contribution in [2.45, 2.75) is 30.7 Å². The van der Waals surface area contributed by atoms with Gasteiger partial charge in [-0.3, -0.25) is 0 Å². The van der Waals surface area contributed by atoms with Crippen LogP contribution in [-0.4, -0.2) is 30.1 Å². The minimum Gasteiger partial charge on any atom is -0.477 e. The molecule has 6 nitrogen and oxygen atoms in total. The summed E-state index contributed by atoms with van der Waals surface area (Å²) in [4.78, 5) is 10.8. The highest BCUT2D eigenvalue weighted by Gasteiger charge is 2.22. The molecule has 1 aromatic rings. The number of aryl methyl sites for hydroxylation is 1. The van der Waals surface area contributed by atoms with Crippen LogP contribution in [0.1, 0.15) is 30.3 Å². The van der Waals surface area contributed by atoms with Crippen LogP contribution >= 0.6 is 0 Å². The molecule has 0 aliphatic carbocycles. The van der Waals surface area contributed by atoms with Gasteiger partial charge in [0.05, 0.1) is 0 Å². The molecule has 1 rings (SSSR count). The van der Waals surface area contributed by atoms with Gasteiger partial charge in [-0.2, -0.15) is 0 Å². The third-order valence-electron chi connectivity index (χ3n) is 2.69. The van der Waals surface area contributed by atoms with Crippen LogP contribution in [0.25, 0.3) is 0 Å². The Balaban J connectivity index is 3.04. The van der Waals surface area contributed by atoms with Gasteiger partial charge in [-0.15, -0.1) is 12.3 Å². The topological polar surface area (TPSA) is 88.4 Å². The predicted octanol–water partition coefficient (Wildman–Crippen LogP) is 0.803. The molecule has 0 spiro atoms. The highest BCUT2D eigenvalue weighted by molar-refractivity contribution is 7.89. The van der Waals surface area contributed by atoms with E-state index in [1.807, 2.05) is 6.92 Å². The van der Waals surface area contributed by atoms with Crippen LogP contribution in [0.15, 0.2) is 17.2 Å². The smallest absolute Gasteiger partial charge is 0.352 e. The number of rotatable bonds is 6. The van der Waals surface area contributed by atoms with E-state index in [-0.39, 0.29) is 23.1 Å². The lowest BCUT2D eigenvalue weighted by atomic mass is 10.2. The molecule has 0 aromatic carbocycles. The first-order valence-electron chi connectivity index (χ1n) is 5.67. The lowest BCUT2D eigenvalue weighted by Gasteiger charge is -2.13. The van der Waals surface area contributed by atoms with E-state index in [4.69, 9.17) is 11.5 Å². The molecular formula is C12H16N2O4S. The molecule has 0 radical (unpaired) electrons. The van der Waals surface area contributed by atoms with Crippen LogP contribution in [-0.2, 0) is 17.1 Å². The summed E-state index contributed by atoms with van der Waals surface area (Å²) in [6.07, 6.45) is 7.27. The number of carboxylic acids is 1. The molecule has 1 unspecified atom stereocenters. The first-order valence-corrected chi connectivity index (χ1v) is 7.15. The van der Waals surface area contributed by atoms with Crippen molar-refractivity contribution in [2.24, 2.45) is 7.05 Å². The molecule has 0 aliphatic heterocycles. The molecule has 1 aromatic heterocycles. The van der Waals surface area contributed by atoms with E-state index in [1.165, 1.54) is 17.8 Å². The molecule has 1 atom stereocenters. The molecule has 0 bridgehead atoms. The summed E-state index contributed by atoms with van der Waals surface area (Å²) < 4.78 is 27.9. The van der Waals surface area contributed by atoms with Crippen LogP contribution in [0.3, 0.4) is 0 Å². The number of carbonyl (C=O) groups is 1. The van der Waals surface area contributed by atoms with Crippen molar-refractivity contribution in [1.82, 2.24) is 9.29 Å². The normalized spacial score (nSPS) is 12.9. The van der Waals surface area contributed by atoms with Crippen LogP contribution in [0.4, 0.5) is 0 Å². The van der Waals surface area contributed by atoms with Crippen LogP contribution in [0.2, 0.25) is 0 Å². The zero-order chi connectivity index (χ0) is 14.6. The number of carboxylic acid groups (broad SMARTS) is 1. The highest BCUT2D eigenvalue weighted by Crippen LogP contribution is 2.14. The van der Waals surface area contributed by atoms with Crippen molar-refractivity contribution in [3.05, 3.63) is 18.0 Å². The first kappa shape index (κ1) is 15.3. The van der Waals surface area contributed by atoms with E-state index in [1.54, 1.807) is 0 Å². The third-order valence-corrected chi connectivity index (χ3v) is 4.18. The van der Waals surface area contributed by atoms with Gasteiger partial charge in [0.2, 0.25) is 10.0 Å². The fourth-order valence-corrected chi connectivity index (χ4v) is 2.98. The van der Waals surface area contributed by atoms with Crippen molar-refractivity contribution in [3.8, 4) is 12.3 Å². The molecule has 2 N–H and O–H groups in total. The average molecular weight is 284 g/mol. The van der Waals surface area contributed by atoms with E-state index in [0.29, 0.717) is 6.42 Å². The first-order chi connectivity index (χ1) is 8.81. The van der Waals surface area contributed by atoms with Crippen LogP contribution < -0.4 is 4.72 Å². The van der Waals surface area contributed by atoms with Gasteiger partial charge in [-0.05, 0) is 12.5 Å². The fourth-order valence-electron chi connectivity index (χ4n) is 1.59. The summed E-state index contributed by atoms with van der Waals surface area (Å²) in [5, 5.41) is 8.89. The molecule has 0 aliphatic rings. The number of nitrogens with zero attached hydrogens (tertiary/aromatic N) is 1. The third kappa shape index (κ3) is 3.59. The van der Waals surface area contributed by atoms with Gasteiger partial charge < -0.3 is 9.67 Å². The minimum absolute atomic E-state index is 0.0807. The monoisotopic (exact) mass is 284 g/mol. The van der Waals surface area contributed by atoms with E-state index >= 15 is 0 Å². The number of aromatic carboxylic acids is 1. The summed E-state index contributed by atoms with van der Waals surface area (Å²) in [6.45, 7) is 1.82. The van der Waals surface area contributed by atoms with Gasteiger partial charge >= 0.3 is 5.97 Å². The minimum atomic E-state index is -3.76. The van der Waals surface area contributed by atoms with Gasteiger partial charge in [0, 0.05) is 25.7 Å². The quantitative estimate of drug-likeness (QED) is 0.756. The lowest BCUT2D eigenvalue weighted by Crippen LogP contribution is -2.33. The van der Waals surface area contributed by atoms with E-state index < -0.39 is 16.0 Å². The standard InChI is InChI=1S/C12H16N2O4S/c1-4-6-9(5-2)13-19(17,18)10-7-11(12(15)16)14(3)8-10/h1,7-9,13H,5-6H2,2-3H3,(H,15,16). The van der Waals surface area contributed by atoms with Gasteiger partial charge in [0.1, 0.15) is 10.6 Å². The zero-order valence-corrected chi connectivity index (χ0v) is 11.6. The number of hydrogen-bond acceptors (Lipinski definition) is 3. The number of terminal acetylenes is 1. The Labute approximate surface area is 112 Å². The van der Waals surface area contributed by atoms with Gasteiger partial charge in [0.25, 0.3) is 0 Å². The Hall–Kier alpha value is -1.78. The molecule has 0 amide bonds. The SMILES string of the molecule is C#CCC(CC)NS(=O)(=O)c1cc(C(=O)O)n(C)c1. The van der Waals surface area contributed by atoms with Crippen LogP contribution in [0, 0.1) is 12.3 Å². The van der Waals surface area contributed by atoms with E-state index in [9.17, 15) is 13.2 Å². The van der Waals surface area contributed by atoms with Crippen molar-refractivity contribution in [2.75, 3.05) is 0 Å². The molecular weight excluding hydrogens is 268 g/mol. The summed E-state index contributed by atoms with van der Waals surface area (Å²) in [6, 6.07) is 0.760. The molecule has 19 heavy (non-hydrogen) atoms. The summed E-state index contributed by atoms with van der Waals surface area (Å²) in [5.41, 5.74) is -0.0922. The second-order valence-corrected chi connectivity index (χ2v) is 5.83. The second kappa shape index (κ2) is 5.91. The maximum absolute atomic E-state index is 12.1. The van der Waals surface area contributed by atoms with Crippen molar-refractivity contribution in [3.63, 3.8) is 0 Å². The van der Waals surface area contributed by atoms with E-state index in [2.05, 4.69) is 10.6 Å². The Bertz CT molecular complexity index is 610. The molecule has 104 valence electrons. The molecule has 0 fully saturated rings. The van der Waals surface area contributed by atoms with Crippen molar-refractivity contribution >= 4 is 16.0 Å². The summed E-state index contributed by atoms with van der Waals surface area (Å²) >= 11 is 0. The number of hydrogen-bond donors (Lipinski definition) is 2. The number of aromatic nitrogens is 1.